The summed E-state index contributed by atoms with van der Waals surface area (Å²) >= 11 is 0. The standard InChI is InChI=1S/C19H29NO2/c1-19(2,3)12-9-16-10-13-20(14-11-16)18(21)22-15-17-7-5-4-6-8-17/h4-8,16H,9-15H2,1-3H3. The molecule has 2 rings (SSSR count). The van der Waals surface area contributed by atoms with Gasteiger partial charge < -0.3 is 9.64 Å². The molecule has 1 aromatic carbocycles. The Balaban J connectivity index is 1.69. The predicted octanol–water partition coefficient (Wildman–Crippen LogP) is 4.86. The molecule has 1 amide bonds. The van der Waals surface area contributed by atoms with Crippen molar-refractivity contribution < 1.29 is 9.53 Å². The summed E-state index contributed by atoms with van der Waals surface area (Å²) in [5.41, 5.74) is 1.45. The zero-order valence-corrected chi connectivity index (χ0v) is 14.2. The molecule has 3 nitrogen and oxygen atoms in total. The van der Waals surface area contributed by atoms with Crippen molar-refractivity contribution in [3.63, 3.8) is 0 Å². The normalized spacial score (nSPS) is 16.6. The Bertz CT molecular complexity index is 456. The van der Waals surface area contributed by atoms with Crippen LogP contribution in [0, 0.1) is 11.3 Å². The number of hydrogen-bond acceptors (Lipinski definition) is 2. The Morgan fingerprint density at radius 2 is 1.82 bits per heavy atom. The van der Waals surface area contributed by atoms with E-state index >= 15 is 0 Å². The van der Waals surface area contributed by atoms with E-state index in [-0.39, 0.29) is 6.09 Å². The van der Waals surface area contributed by atoms with Crippen LogP contribution < -0.4 is 0 Å². The van der Waals surface area contributed by atoms with Gasteiger partial charge in [-0.2, -0.15) is 0 Å². The van der Waals surface area contributed by atoms with Gasteiger partial charge in [-0.3, -0.25) is 0 Å². The van der Waals surface area contributed by atoms with Crippen molar-refractivity contribution >= 4 is 6.09 Å². The van der Waals surface area contributed by atoms with E-state index in [0.717, 1.165) is 37.4 Å². The molecule has 1 saturated heterocycles. The highest BCUT2D eigenvalue weighted by atomic mass is 16.6. The Labute approximate surface area is 134 Å². The van der Waals surface area contributed by atoms with Crippen LogP contribution in [0.25, 0.3) is 0 Å². The molecule has 0 aliphatic carbocycles. The molecule has 0 unspecified atom stereocenters. The third-order valence-electron chi connectivity index (χ3n) is 4.38. The van der Waals surface area contributed by atoms with Gasteiger partial charge in [0.2, 0.25) is 0 Å². The van der Waals surface area contributed by atoms with Crippen LogP contribution in [0.3, 0.4) is 0 Å². The number of nitrogens with zero attached hydrogens (tertiary/aromatic N) is 1. The van der Waals surface area contributed by atoms with Crippen molar-refractivity contribution in [3.05, 3.63) is 35.9 Å². The molecule has 0 atom stereocenters. The largest absolute Gasteiger partial charge is 0.445 e. The van der Waals surface area contributed by atoms with Gasteiger partial charge in [0.25, 0.3) is 0 Å². The van der Waals surface area contributed by atoms with Gasteiger partial charge in [0.15, 0.2) is 0 Å². The van der Waals surface area contributed by atoms with Gasteiger partial charge in [-0.1, -0.05) is 51.1 Å². The average Bonchev–Trinajstić information content (AvgIpc) is 2.51. The molecule has 122 valence electrons. The highest BCUT2D eigenvalue weighted by molar-refractivity contribution is 5.67. The lowest BCUT2D eigenvalue weighted by Gasteiger charge is -2.32. The molecular formula is C19H29NO2. The van der Waals surface area contributed by atoms with Gasteiger partial charge in [0.05, 0.1) is 0 Å². The summed E-state index contributed by atoms with van der Waals surface area (Å²) in [7, 11) is 0. The fourth-order valence-electron chi connectivity index (χ4n) is 2.85. The zero-order chi connectivity index (χ0) is 16.0. The van der Waals surface area contributed by atoms with Gasteiger partial charge in [0, 0.05) is 13.1 Å². The second-order valence-electron chi connectivity index (χ2n) is 7.57. The first-order valence-corrected chi connectivity index (χ1v) is 8.40. The van der Waals surface area contributed by atoms with Crippen molar-refractivity contribution in [2.45, 2.75) is 53.1 Å². The SMILES string of the molecule is CC(C)(C)CCC1CCN(C(=O)OCc2ccccc2)CC1. The first-order valence-electron chi connectivity index (χ1n) is 8.40. The Hall–Kier alpha value is -1.51. The van der Waals surface area contributed by atoms with Gasteiger partial charge in [-0.15, -0.1) is 0 Å². The fourth-order valence-corrected chi connectivity index (χ4v) is 2.85. The molecule has 1 aromatic rings. The molecule has 1 aliphatic rings. The first kappa shape index (κ1) is 16.9. The van der Waals surface area contributed by atoms with Crippen LogP contribution in [0.4, 0.5) is 4.79 Å². The summed E-state index contributed by atoms with van der Waals surface area (Å²) in [4.78, 5) is 14.0. The number of amides is 1. The summed E-state index contributed by atoms with van der Waals surface area (Å²) in [6.07, 6.45) is 4.58. The minimum atomic E-state index is -0.168. The highest BCUT2D eigenvalue weighted by Crippen LogP contribution is 2.29. The van der Waals surface area contributed by atoms with E-state index in [4.69, 9.17) is 4.74 Å². The maximum atomic E-state index is 12.1. The van der Waals surface area contributed by atoms with Crippen molar-refractivity contribution in [2.75, 3.05) is 13.1 Å². The van der Waals surface area contributed by atoms with Gasteiger partial charge in [-0.05, 0) is 42.6 Å². The highest BCUT2D eigenvalue weighted by Gasteiger charge is 2.24. The van der Waals surface area contributed by atoms with E-state index in [0.29, 0.717) is 12.0 Å². The van der Waals surface area contributed by atoms with Crippen LogP contribution in [0.5, 0.6) is 0 Å². The summed E-state index contributed by atoms with van der Waals surface area (Å²) in [5.74, 6) is 0.761. The fraction of sp³-hybridized carbons (Fsp3) is 0.632. The predicted molar refractivity (Wildman–Crippen MR) is 89.6 cm³/mol. The van der Waals surface area contributed by atoms with Crippen LogP contribution in [-0.4, -0.2) is 24.1 Å². The van der Waals surface area contributed by atoms with Crippen LogP contribution in [0.15, 0.2) is 30.3 Å². The molecule has 0 saturated carbocycles. The lowest BCUT2D eigenvalue weighted by Crippen LogP contribution is -2.38. The number of hydrogen-bond donors (Lipinski definition) is 0. The molecule has 1 fully saturated rings. The average molecular weight is 303 g/mol. The quantitative estimate of drug-likeness (QED) is 0.795. The van der Waals surface area contributed by atoms with E-state index in [1.54, 1.807) is 0 Å². The number of ether oxygens (including phenoxy) is 1. The van der Waals surface area contributed by atoms with E-state index in [1.807, 2.05) is 35.2 Å². The monoisotopic (exact) mass is 303 g/mol. The van der Waals surface area contributed by atoms with E-state index < -0.39 is 0 Å². The number of benzene rings is 1. The second-order valence-corrected chi connectivity index (χ2v) is 7.57. The minimum absolute atomic E-state index is 0.168. The molecule has 0 bridgehead atoms. The number of rotatable bonds is 4. The van der Waals surface area contributed by atoms with E-state index in [1.165, 1.54) is 12.8 Å². The summed E-state index contributed by atoms with van der Waals surface area (Å²) < 4.78 is 5.40. The minimum Gasteiger partial charge on any atom is -0.445 e. The molecule has 0 spiro atoms. The smallest absolute Gasteiger partial charge is 0.410 e. The van der Waals surface area contributed by atoms with Crippen LogP contribution in [0.1, 0.15) is 52.0 Å². The number of likely N-dealkylation sites (tertiary alicyclic amines) is 1. The molecular weight excluding hydrogens is 274 g/mol. The summed E-state index contributed by atoms with van der Waals surface area (Å²) in [5, 5.41) is 0. The molecule has 0 N–H and O–H groups in total. The first-order chi connectivity index (χ1) is 10.4. The molecule has 22 heavy (non-hydrogen) atoms. The number of carbonyl (C=O) groups excluding carboxylic acids is 1. The second kappa shape index (κ2) is 7.66. The summed E-state index contributed by atoms with van der Waals surface area (Å²) in [6, 6.07) is 9.85. The van der Waals surface area contributed by atoms with Crippen molar-refractivity contribution in [1.29, 1.82) is 0 Å². The third-order valence-corrected chi connectivity index (χ3v) is 4.38. The maximum Gasteiger partial charge on any atom is 0.410 e. The molecule has 0 aromatic heterocycles. The van der Waals surface area contributed by atoms with Crippen molar-refractivity contribution in [3.8, 4) is 0 Å². The topological polar surface area (TPSA) is 29.5 Å². The Morgan fingerprint density at radius 1 is 1.18 bits per heavy atom. The van der Waals surface area contributed by atoms with E-state index in [9.17, 15) is 4.79 Å². The number of carbonyl (C=O) groups is 1. The lowest BCUT2D eigenvalue weighted by atomic mass is 9.83. The van der Waals surface area contributed by atoms with Crippen LogP contribution >= 0.6 is 0 Å². The molecule has 3 heteroatoms. The zero-order valence-electron chi connectivity index (χ0n) is 14.2. The van der Waals surface area contributed by atoms with Gasteiger partial charge in [-0.25, -0.2) is 4.79 Å². The molecule has 0 radical (unpaired) electrons. The lowest BCUT2D eigenvalue weighted by molar-refractivity contribution is 0.0803. The Morgan fingerprint density at radius 3 is 2.41 bits per heavy atom. The van der Waals surface area contributed by atoms with Gasteiger partial charge in [0.1, 0.15) is 6.61 Å². The molecule has 1 aliphatic heterocycles. The number of piperidine rings is 1. The van der Waals surface area contributed by atoms with Crippen LogP contribution in [-0.2, 0) is 11.3 Å². The van der Waals surface area contributed by atoms with Gasteiger partial charge >= 0.3 is 6.09 Å². The van der Waals surface area contributed by atoms with Crippen molar-refractivity contribution in [1.82, 2.24) is 4.90 Å². The van der Waals surface area contributed by atoms with Crippen LogP contribution in [0.2, 0.25) is 0 Å². The Kier molecular flexibility index (Phi) is 5.87. The third kappa shape index (κ3) is 5.70. The van der Waals surface area contributed by atoms with E-state index in [2.05, 4.69) is 20.8 Å². The molecule has 1 heterocycles. The summed E-state index contributed by atoms with van der Waals surface area (Å²) in [6.45, 7) is 8.92. The van der Waals surface area contributed by atoms with Crippen molar-refractivity contribution in [2.24, 2.45) is 11.3 Å². The maximum absolute atomic E-state index is 12.1.